The normalized spacial score (nSPS) is 10.4. The lowest BCUT2D eigenvalue weighted by Crippen LogP contribution is -2.30. The number of carbonyl (C=O) groups excluding carboxylic acids is 2. The molecular weight excluding hydrogens is 244 g/mol. The molecule has 0 aliphatic heterocycles. The highest BCUT2D eigenvalue weighted by Gasteiger charge is 2.07. The van der Waals surface area contributed by atoms with E-state index >= 15 is 0 Å². The third kappa shape index (κ3) is 3.31. The van der Waals surface area contributed by atoms with Gasteiger partial charge in [-0.05, 0) is 25.1 Å². The van der Waals surface area contributed by atoms with Crippen LogP contribution in [0, 0.1) is 0 Å². The van der Waals surface area contributed by atoms with Gasteiger partial charge in [0.25, 0.3) is 5.91 Å². The van der Waals surface area contributed by atoms with Gasteiger partial charge in [0.1, 0.15) is 0 Å². The summed E-state index contributed by atoms with van der Waals surface area (Å²) in [4.78, 5) is 30.1. The van der Waals surface area contributed by atoms with Crippen LogP contribution in [0.4, 0.5) is 0 Å². The topological polar surface area (TPSA) is 86.9 Å². The second kappa shape index (κ2) is 5.99. The lowest BCUT2D eigenvalue weighted by atomic mass is 10.2. The highest BCUT2D eigenvalue weighted by Crippen LogP contribution is 2.11. The zero-order chi connectivity index (χ0) is 13.7. The maximum Gasteiger partial charge on any atom is 0.251 e. The van der Waals surface area contributed by atoms with Crippen LogP contribution in [0.5, 0.6) is 0 Å². The molecule has 0 unspecified atom stereocenters. The molecule has 0 spiro atoms. The first-order valence-electron chi connectivity index (χ1n) is 6.18. The van der Waals surface area contributed by atoms with Gasteiger partial charge in [0.2, 0.25) is 5.91 Å². The van der Waals surface area contributed by atoms with E-state index in [4.69, 9.17) is 0 Å². The van der Waals surface area contributed by atoms with E-state index in [1.165, 1.54) is 0 Å². The largest absolute Gasteiger partial charge is 0.356 e. The Morgan fingerprint density at radius 3 is 2.95 bits per heavy atom. The minimum atomic E-state index is -0.194. The summed E-state index contributed by atoms with van der Waals surface area (Å²) < 4.78 is 0. The number of carbonyl (C=O) groups is 2. The van der Waals surface area contributed by atoms with Gasteiger partial charge in [0.15, 0.2) is 0 Å². The van der Waals surface area contributed by atoms with Gasteiger partial charge >= 0.3 is 0 Å². The van der Waals surface area contributed by atoms with E-state index in [9.17, 15) is 9.59 Å². The van der Waals surface area contributed by atoms with E-state index in [1.54, 1.807) is 24.5 Å². The number of rotatable bonds is 5. The number of amides is 2. The summed E-state index contributed by atoms with van der Waals surface area (Å²) in [6.45, 7) is 2.78. The highest BCUT2D eigenvalue weighted by atomic mass is 16.2. The van der Waals surface area contributed by atoms with Crippen LogP contribution in [0.25, 0.3) is 11.0 Å². The predicted molar refractivity (Wildman–Crippen MR) is 71.7 cm³/mol. The summed E-state index contributed by atoms with van der Waals surface area (Å²) in [6.07, 6.45) is 1.87. The summed E-state index contributed by atoms with van der Waals surface area (Å²) in [7, 11) is 0. The molecule has 2 aromatic rings. The number of H-pyrrole nitrogens is 1. The molecule has 3 N–H and O–H groups in total. The number of hydrogen-bond donors (Lipinski definition) is 3. The predicted octanol–water partition coefficient (Wildman–Crippen LogP) is 0.819. The minimum absolute atomic E-state index is 0.0631. The fraction of sp³-hybridized carbons (Fsp3) is 0.308. The third-order valence-corrected chi connectivity index (χ3v) is 2.69. The number of fused-ring (bicyclic) bond motifs is 1. The van der Waals surface area contributed by atoms with E-state index in [1.807, 2.05) is 6.92 Å². The fourth-order valence-electron chi connectivity index (χ4n) is 1.75. The lowest BCUT2D eigenvalue weighted by molar-refractivity contribution is -0.120. The molecule has 2 amide bonds. The first-order valence-corrected chi connectivity index (χ1v) is 6.18. The summed E-state index contributed by atoms with van der Waals surface area (Å²) in [5.41, 5.74) is 2.18. The molecule has 0 fully saturated rings. The molecule has 6 heteroatoms. The van der Waals surface area contributed by atoms with Crippen LogP contribution in [-0.4, -0.2) is 34.9 Å². The zero-order valence-corrected chi connectivity index (χ0v) is 10.7. The molecule has 6 nitrogen and oxygen atoms in total. The maximum absolute atomic E-state index is 11.9. The van der Waals surface area contributed by atoms with Gasteiger partial charge in [-0.25, -0.2) is 4.98 Å². The van der Waals surface area contributed by atoms with Crippen molar-refractivity contribution in [1.82, 2.24) is 20.6 Å². The van der Waals surface area contributed by atoms with Crippen molar-refractivity contribution in [2.75, 3.05) is 13.1 Å². The van der Waals surface area contributed by atoms with E-state index in [0.29, 0.717) is 18.7 Å². The molecule has 1 heterocycles. The average Bonchev–Trinajstić information content (AvgIpc) is 2.86. The van der Waals surface area contributed by atoms with E-state index in [2.05, 4.69) is 20.6 Å². The van der Waals surface area contributed by atoms with Crippen LogP contribution in [-0.2, 0) is 4.79 Å². The Kier molecular flexibility index (Phi) is 4.12. The SMILES string of the molecule is CCNC(=O)CCNC(=O)c1ccc2nc[nH]c2c1. The van der Waals surface area contributed by atoms with Crippen molar-refractivity contribution in [2.24, 2.45) is 0 Å². The molecule has 0 bridgehead atoms. The molecule has 0 aliphatic carbocycles. The van der Waals surface area contributed by atoms with Gasteiger partial charge in [-0.2, -0.15) is 0 Å². The smallest absolute Gasteiger partial charge is 0.251 e. The van der Waals surface area contributed by atoms with Crippen LogP contribution in [0.3, 0.4) is 0 Å². The van der Waals surface area contributed by atoms with Crippen molar-refractivity contribution in [3.63, 3.8) is 0 Å². The molecule has 0 radical (unpaired) electrons. The Labute approximate surface area is 110 Å². The van der Waals surface area contributed by atoms with Crippen molar-refractivity contribution in [2.45, 2.75) is 13.3 Å². The molecule has 19 heavy (non-hydrogen) atoms. The Morgan fingerprint density at radius 1 is 1.32 bits per heavy atom. The molecule has 1 aromatic carbocycles. The Hall–Kier alpha value is -2.37. The monoisotopic (exact) mass is 260 g/mol. The minimum Gasteiger partial charge on any atom is -0.356 e. The van der Waals surface area contributed by atoms with E-state index in [-0.39, 0.29) is 18.2 Å². The van der Waals surface area contributed by atoms with Gasteiger partial charge in [0.05, 0.1) is 17.4 Å². The number of benzene rings is 1. The van der Waals surface area contributed by atoms with Gasteiger partial charge in [-0.1, -0.05) is 0 Å². The van der Waals surface area contributed by atoms with Gasteiger partial charge in [0, 0.05) is 25.1 Å². The van der Waals surface area contributed by atoms with Gasteiger partial charge in [-0.3, -0.25) is 9.59 Å². The lowest BCUT2D eigenvalue weighted by Gasteiger charge is -2.05. The quantitative estimate of drug-likeness (QED) is 0.743. The number of aromatic nitrogens is 2. The molecule has 0 saturated carbocycles. The van der Waals surface area contributed by atoms with Crippen molar-refractivity contribution in [1.29, 1.82) is 0 Å². The molecule has 2 rings (SSSR count). The Bertz CT molecular complexity index is 591. The second-order valence-corrected chi connectivity index (χ2v) is 4.09. The standard InChI is InChI=1S/C13H16N4O2/c1-2-14-12(18)5-6-15-13(19)9-3-4-10-11(7-9)17-8-16-10/h3-4,7-8H,2,5-6H2,1H3,(H,14,18)(H,15,19)(H,16,17). The van der Waals surface area contributed by atoms with E-state index < -0.39 is 0 Å². The van der Waals surface area contributed by atoms with Gasteiger partial charge in [-0.15, -0.1) is 0 Å². The second-order valence-electron chi connectivity index (χ2n) is 4.09. The molecule has 0 saturated heterocycles. The number of aromatic amines is 1. The molecule has 0 atom stereocenters. The number of nitrogens with one attached hydrogen (secondary N) is 3. The van der Waals surface area contributed by atoms with E-state index in [0.717, 1.165) is 11.0 Å². The number of nitrogens with zero attached hydrogens (tertiary/aromatic N) is 1. The van der Waals surface area contributed by atoms with Crippen molar-refractivity contribution in [3.8, 4) is 0 Å². The van der Waals surface area contributed by atoms with Crippen molar-refractivity contribution in [3.05, 3.63) is 30.1 Å². The first-order chi connectivity index (χ1) is 9.20. The summed E-state index contributed by atoms with van der Waals surface area (Å²) in [6, 6.07) is 5.24. The van der Waals surface area contributed by atoms with Crippen molar-refractivity contribution < 1.29 is 9.59 Å². The molecular formula is C13H16N4O2. The summed E-state index contributed by atoms with van der Waals surface area (Å²) >= 11 is 0. The van der Waals surface area contributed by atoms with Crippen LogP contribution in [0.15, 0.2) is 24.5 Å². The maximum atomic E-state index is 11.9. The summed E-state index contributed by atoms with van der Waals surface area (Å²) in [5.74, 6) is -0.257. The van der Waals surface area contributed by atoms with Crippen LogP contribution in [0.2, 0.25) is 0 Å². The molecule has 100 valence electrons. The number of imidazole rings is 1. The summed E-state index contributed by atoms with van der Waals surface area (Å²) in [5, 5.41) is 5.39. The Balaban J connectivity index is 1.90. The zero-order valence-electron chi connectivity index (χ0n) is 10.7. The highest BCUT2D eigenvalue weighted by molar-refractivity contribution is 5.97. The average molecular weight is 260 g/mol. The van der Waals surface area contributed by atoms with Crippen LogP contribution in [0.1, 0.15) is 23.7 Å². The first kappa shape index (κ1) is 13.1. The van der Waals surface area contributed by atoms with Crippen LogP contribution >= 0.6 is 0 Å². The Morgan fingerprint density at radius 2 is 2.16 bits per heavy atom. The molecule has 0 aliphatic rings. The van der Waals surface area contributed by atoms with Gasteiger partial charge < -0.3 is 15.6 Å². The number of hydrogen-bond acceptors (Lipinski definition) is 3. The van der Waals surface area contributed by atoms with Crippen LogP contribution < -0.4 is 10.6 Å². The van der Waals surface area contributed by atoms with Crippen molar-refractivity contribution >= 4 is 22.8 Å². The third-order valence-electron chi connectivity index (χ3n) is 2.69. The fourth-order valence-corrected chi connectivity index (χ4v) is 1.75. The molecule has 1 aromatic heterocycles.